The predicted molar refractivity (Wildman–Crippen MR) is 162 cm³/mol. The van der Waals surface area contributed by atoms with Crippen molar-refractivity contribution in [3.05, 3.63) is 128 Å². The van der Waals surface area contributed by atoms with E-state index in [9.17, 15) is 18.4 Å². The lowest BCUT2D eigenvalue weighted by Gasteiger charge is -2.11. The van der Waals surface area contributed by atoms with Crippen LogP contribution in [0.3, 0.4) is 0 Å². The molecule has 42 heavy (non-hydrogen) atoms. The Balaban J connectivity index is 0.000000151. The molecule has 1 aliphatic carbocycles. The van der Waals surface area contributed by atoms with Gasteiger partial charge in [-0.2, -0.15) is 0 Å². The highest BCUT2D eigenvalue weighted by Crippen LogP contribution is 2.36. The summed E-state index contributed by atoms with van der Waals surface area (Å²) >= 11 is 5.84. The molecule has 0 amide bonds. The molecule has 9 heteroatoms. The number of para-hydroxylation sites is 2. The summed E-state index contributed by atoms with van der Waals surface area (Å²) in [4.78, 5) is 34.1. The van der Waals surface area contributed by atoms with E-state index in [1.54, 1.807) is 31.2 Å². The van der Waals surface area contributed by atoms with Gasteiger partial charge in [-0.25, -0.2) is 18.7 Å². The number of hydrogen-bond donors (Lipinski definition) is 0. The van der Waals surface area contributed by atoms with Gasteiger partial charge in [0.05, 0.1) is 22.1 Å². The third-order valence-corrected chi connectivity index (χ3v) is 7.43. The number of aromatic nitrogens is 4. The molecule has 1 saturated carbocycles. The van der Waals surface area contributed by atoms with Gasteiger partial charge in [0.25, 0.3) is 11.1 Å². The average Bonchev–Trinajstić information content (AvgIpc) is 3.84. The van der Waals surface area contributed by atoms with E-state index in [1.807, 2.05) is 59.2 Å². The van der Waals surface area contributed by atoms with Crippen LogP contribution in [0.5, 0.6) is 0 Å². The van der Waals surface area contributed by atoms with Crippen LogP contribution in [0.1, 0.15) is 25.8 Å². The first-order chi connectivity index (χ1) is 20.4. The normalized spacial score (nSPS) is 12.8. The van der Waals surface area contributed by atoms with Crippen LogP contribution in [0.2, 0.25) is 5.02 Å². The van der Waals surface area contributed by atoms with Crippen LogP contribution in [0.4, 0.5) is 8.78 Å². The highest BCUT2D eigenvalue weighted by atomic mass is 35.5. The predicted octanol–water partition coefficient (Wildman–Crippen LogP) is 7.41. The molecular formula is C33H25ClF2N4O2. The zero-order valence-corrected chi connectivity index (χ0v) is 23.4. The highest BCUT2D eigenvalue weighted by Gasteiger charge is 2.27. The molecule has 1 aliphatic rings. The molecule has 7 rings (SSSR count). The number of hydrogen-bond acceptors (Lipinski definition) is 4. The van der Waals surface area contributed by atoms with Gasteiger partial charge in [-0.1, -0.05) is 66.2 Å². The van der Waals surface area contributed by atoms with Crippen molar-refractivity contribution >= 4 is 33.7 Å². The van der Waals surface area contributed by atoms with Gasteiger partial charge in [0.1, 0.15) is 11.4 Å². The van der Waals surface area contributed by atoms with Crippen molar-refractivity contribution < 1.29 is 8.78 Å². The number of halogens is 3. The molecule has 6 aromatic rings. The Kier molecular flexibility index (Phi) is 7.39. The summed E-state index contributed by atoms with van der Waals surface area (Å²) in [5.74, 6) is -2.00. The third-order valence-electron chi connectivity index (χ3n) is 7.18. The largest absolute Gasteiger partial charge is 0.305 e. The molecule has 0 bridgehead atoms. The summed E-state index contributed by atoms with van der Waals surface area (Å²) in [7, 11) is 0. The molecule has 0 aliphatic heterocycles. The lowest BCUT2D eigenvalue weighted by Crippen LogP contribution is -2.23. The Labute approximate surface area is 244 Å². The molecule has 2 aromatic heterocycles. The van der Waals surface area contributed by atoms with Crippen molar-refractivity contribution in [1.29, 1.82) is 0 Å². The number of benzene rings is 4. The summed E-state index contributed by atoms with van der Waals surface area (Å²) in [6.45, 7) is 2.08. The van der Waals surface area contributed by atoms with Crippen LogP contribution in [0.15, 0.2) is 101 Å². The van der Waals surface area contributed by atoms with Crippen LogP contribution in [0, 0.1) is 11.6 Å². The second-order valence-corrected chi connectivity index (χ2v) is 10.4. The van der Waals surface area contributed by atoms with Crippen molar-refractivity contribution in [2.75, 3.05) is 0 Å². The fourth-order valence-corrected chi connectivity index (χ4v) is 5.11. The number of aryl methyl sites for hydroxylation is 1. The van der Waals surface area contributed by atoms with E-state index in [-0.39, 0.29) is 27.8 Å². The second kappa shape index (κ2) is 11.3. The van der Waals surface area contributed by atoms with Crippen molar-refractivity contribution in [3.63, 3.8) is 0 Å². The van der Waals surface area contributed by atoms with E-state index in [0.29, 0.717) is 28.9 Å². The molecule has 1 fully saturated rings. The maximum atomic E-state index is 13.5. The van der Waals surface area contributed by atoms with Gasteiger partial charge in [0.15, 0.2) is 11.6 Å². The maximum absolute atomic E-state index is 13.5. The van der Waals surface area contributed by atoms with E-state index in [4.69, 9.17) is 11.6 Å². The van der Waals surface area contributed by atoms with E-state index in [2.05, 4.69) is 9.97 Å². The Hall–Kier alpha value is -4.69. The maximum Gasteiger partial charge on any atom is 0.277 e. The van der Waals surface area contributed by atoms with Crippen LogP contribution in [0.25, 0.3) is 44.6 Å². The SMILES string of the molecule is CCn1c(=O)c(-c2ccc(Cl)cc2)nc2cc(F)c(F)cc21.O=c1c(-c2ccccc2)nc2ccccc2n1C1CC1. The Morgan fingerprint density at radius 1 is 0.738 bits per heavy atom. The average molecular weight is 583 g/mol. The number of nitrogens with zero attached hydrogens (tertiary/aromatic N) is 4. The first kappa shape index (κ1) is 27.5. The van der Waals surface area contributed by atoms with Crippen molar-refractivity contribution in [1.82, 2.24) is 19.1 Å². The summed E-state index contributed by atoms with van der Waals surface area (Å²) in [6.07, 6.45) is 2.17. The monoisotopic (exact) mass is 582 g/mol. The molecule has 0 unspecified atom stereocenters. The van der Waals surface area contributed by atoms with Crippen LogP contribution >= 0.6 is 11.6 Å². The molecule has 4 aromatic carbocycles. The topological polar surface area (TPSA) is 69.8 Å². The van der Waals surface area contributed by atoms with Crippen LogP contribution in [-0.2, 0) is 6.54 Å². The van der Waals surface area contributed by atoms with Gasteiger partial charge < -0.3 is 9.13 Å². The minimum atomic E-state index is -1.00. The molecule has 0 N–H and O–H groups in total. The number of rotatable bonds is 4. The van der Waals surface area contributed by atoms with E-state index in [0.717, 1.165) is 41.6 Å². The zero-order chi connectivity index (χ0) is 29.4. The summed E-state index contributed by atoms with van der Waals surface area (Å²) in [5, 5.41) is 0.536. The minimum Gasteiger partial charge on any atom is -0.305 e. The molecule has 0 radical (unpaired) electrons. The van der Waals surface area contributed by atoms with Gasteiger partial charge >= 0.3 is 0 Å². The quantitative estimate of drug-likeness (QED) is 0.217. The lowest BCUT2D eigenvalue weighted by atomic mass is 10.1. The molecule has 0 spiro atoms. The molecule has 0 saturated heterocycles. The molecule has 210 valence electrons. The Morgan fingerprint density at radius 2 is 1.33 bits per heavy atom. The van der Waals surface area contributed by atoms with Gasteiger partial charge in [-0.3, -0.25) is 9.59 Å². The second-order valence-electron chi connectivity index (χ2n) is 9.99. The van der Waals surface area contributed by atoms with Gasteiger partial charge in [0, 0.05) is 40.9 Å². The fraction of sp³-hybridized carbons (Fsp3) is 0.152. The first-order valence-electron chi connectivity index (χ1n) is 13.6. The van der Waals surface area contributed by atoms with E-state index < -0.39 is 11.6 Å². The molecular weight excluding hydrogens is 558 g/mol. The molecule has 6 nitrogen and oxygen atoms in total. The van der Waals surface area contributed by atoms with E-state index >= 15 is 0 Å². The Bertz CT molecular complexity index is 2050. The van der Waals surface area contributed by atoms with Gasteiger partial charge in [-0.05, 0) is 44.0 Å². The van der Waals surface area contributed by atoms with Gasteiger partial charge in [-0.15, -0.1) is 0 Å². The Morgan fingerprint density at radius 3 is 2.02 bits per heavy atom. The fourth-order valence-electron chi connectivity index (χ4n) is 4.98. The van der Waals surface area contributed by atoms with Crippen molar-refractivity contribution in [3.8, 4) is 22.5 Å². The van der Waals surface area contributed by atoms with Crippen LogP contribution < -0.4 is 11.1 Å². The lowest BCUT2D eigenvalue weighted by molar-refractivity contribution is 0.509. The van der Waals surface area contributed by atoms with Crippen molar-refractivity contribution in [2.24, 2.45) is 0 Å². The summed E-state index contributed by atoms with van der Waals surface area (Å²) < 4.78 is 30.2. The summed E-state index contributed by atoms with van der Waals surface area (Å²) in [5.41, 5.74) is 4.18. The molecule has 2 heterocycles. The molecule has 0 atom stereocenters. The smallest absolute Gasteiger partial charge is 0.277 e. The standard InChI is InChI=1S/C17H14N2O.C16H11ClF2N2O/c20-17-16(12-6-2-1-3-7-12)18-14-8-4-5-9-15(14)19(17)13-10-11-13;1-2-21-14-8-12(19)11(18)7-13(14)20-15(16(21)22)9-3-5-10(17)6-4-9/h1-9,13H,10-11H2;3-8H,2H2,1H3. The summed E-state index contributed by atoms with van der Waals surface area (Å²) in [6, 6.07) is 26.5. The van der Waals surface area contributed by atoms with Crippen molar-refractivity contribution in [2.45, 2.75) is 32.4 Å². The highest BCUT2D eigenvalue weighted by molar-refractivity contribution is 6.30. The minimum absolute atomic E-state index is 0.0254. The number of fused-ring (bicyclic) bond motifs is 2. The first-order valence-corrected chi connectivity index (χ1v) is 14.0. The third kappa shape index (κ3) is 5.21. The van der Waals surface area contributed by atoms with Crippen LogP contribution in [-0.4, -0.2) is 19.1 Å². The van der Waals surface area contributed by atoms with E-state index in [1.165, 1.54) is 4.57 Å². The van der Waals surface area contributed by atoms with Gasteiger partial charge in [0.2, 0.25) is 0 Å². The zero-order valence-electron chi connectivity index (χ0n) is 22.6.